The Bertz CT molecular complexity index is 628. The number of nitrogens with one attached hydrogen (secondary N) is 1. The smallest absolute Gasteiger partial charge is 0.218 e. The van der Waals surface area contributed by atoms with Crippen molar-refractivity contribution in [3.05, 3.63) is 65.2 Å². The SMILES string of the molecule is CC(=O)N[C@@H](Sc1ccc(Cl)cc1)C(=O)c1ccccc1. The lowest BCUT2D eigenvalue weighted by molar-refractivity contribution is -0.119. The van der Waals surface area contributed by atoms with Crippen LogP contribution in [0.4, 0.5) is 0 Å². The largest absolute Gasteiger partial charge is 0.337 e. The van der Waals surface area contributed by atoms with E-state index in [1.54, 1.807) is 36.4 Å². The standard InChI is InChI=1S/C16H14ClNO2S/c1-11(19)18-16(15(20)12-5-3-2-4-6-12)21-14-9-7-13(17)8-10-14/h2-10,16H,1H3,(H,18,19)/t16-/m0/s1. The minimum absolute atomic E-state index is 0.134. The number of thioether (sulfide) groups is 1. The van der Waals surface area contributed by atoms with Gasteiger partial charge in [-0.15, -0.1) is 0 Å². The number of hydrogen-bond acceptors (Lipinski definition) is 3. The topological polar surface area (TPSA) is 46.2 Å². The third-order valence-electron chi connectivity index (χ3n) is 2.70. The fourth-order valence-electron chi connectivity index (χ4n) is 1.74. The monoisotopic (exact) mass is 319 g/mol. The van der Waals surface area contributed by atoms with Crippen molar-refractivity contribution in [3.63, 3.8) is 0 Å². The molecule has 1 atom stereocenters. The van der Waals surface area contributed by atoms with Crippen LogP contribution in [0.25, 0.3) is 0 Å². The van der Waals surface area contributed by atoms with Gasteiger partial charge in [0.05, 0.1) is 0 Å². The molecule has 0 aromatic heterocycles. The molecule has 2 aromatic rings. The number of Topliss-reactive ketones (excluding diaryl/α,β-unsaturated/α-hetero) is 1. The number of amides is 1. The van der Waals surface area contributed by atoms with Gasteiger partial charge in [-0.1, -0.05) is 53.7 Å². The number of rotatable bonds is 5. The summed E-state index contributed by atoms with van der Waals surface area (Å²) in [5.41, 5.74) is 0.567. The van der Waals surface area contributed by atoms with Crippen LogP contribution in [0.15, 0.2) is 59.5 Å². The number of benzene rings is 2. The summed E-state index contributed by atoms with van der Waals surface area (Å²) in [6, 6.07) is 16.1. The maximum Gasteiger partial charge on any atom is 0.218 e. The van der Waals surface area contributed by atoms with Gasteiger partial charge in [0.1, 0.15) is 5.37 Å². The van der Waals surface area contributed by atoms with Gasteiger partial charge in [0.2, 0.25) is 5.91 Å². The molecule has 2 rings (SSSR count). The van der Waals surface area contributed by atoms with Crippen molar-refractivity contribution >= 4 is 35.1 Å². The average molecular weight is 320 g/mol. The highest BCUT2D eigenvalue weighted by molar-refractivity contribution is 8.00. The van der Waals surface area contributed by atoms with Gasteiger partial charge in [-0.05, 0) is 24.3 Å². The second-order valence-corrected chi connectivity index (χ2v) is 6.00. The Kier molecular flexibility index (Phi) is 5.42. The summed E-state index contributed by atoms with van der Waals surface area (Å²) >= 11 is 7.13. The Balaban J connectivity index is 2.20. The van der Waals surface area contributed by atoms with Crippen LogP contribution < -0.4 is 5.32 Å². The normalized spacial score (nSPS) is 11.7. The van der Waals surface area contributed by atoms with Crippen molar-refractivity contribution in [2.45, 2.75) is 17.2 Å². The van der Waals surface area contributed by atoms with Crippen LogP contribution in [0, 0.1) is 0 Å². The molecule has 2 aromatic carbocycles. The molecule has 0 heterocycles. The van der Waals surface area contributed by atoms with E-state index < -0.39 is 5.37 Å². The molecule has 0 fully saturated rings. The molecule has 1 N–H and O–H groups in total. The first-order chi connectivity index (χ1) is 10.1. The highest BCUT2D eigenvalue weighted by Crippen LogP contribution is 2.25. The molecule has 0 saturated carbocycles. The van der Waals surface area contributed by atoms with Gasteiger partial charge in [0.25, 0.3) is 0 Å². The van der Waals surface area contributed by atoms with Gasteiger partial charge in [-0.3, -0.25) is 9.59 Å². The van der Waals surface area contributed by atoms with Crippen LogP contribution in [0.3, 0.4) is 0 Å². The molecule has 21 heavy (non-hydrogen) atoms. The maximum absolute atomic E-state index is 12.5. The zero-order valence-electron chi connectivity index (χ0n) is 11.4. The number of ketones is 1. The van der Waals surface area contributed by atoms with E-state index in [1.807, 2.05) is 18.2 Å². The number of carbonyl (C=O) groups is 2. The van der Waals surface area contributed by atoms with Gasteiger partial charge in [-0.25, -0.2) is 0 Å². The van der Waals surface area contributed by atoms with Gasteiger partial charge in [0, 0.05) is 22.4 Å². The van der Waals surface area contributed by atoms with E-state index in [1.165, 1.54) is 18.7 Å². The molecular formula is C16H14ClNO2S. The molecule has 3 nitrogen and oxygen atoms in total. The van der Waals surface area contributed by atoms with Gasteiger partial charge < -0.3 is 5.32 Å². The molecule has 5 heteroatoms. The lowest BCUT2D eigenvalue weighted by Gasteiger charge is -2.16. The molecule has 0 aliphatic rings. The molecule has 0 aliphatic heterocycles. The van der Waals surface area contributed by atoms with Crippen LogP contribution in [-0.4, -0.2) is 17.1 Å². The molecular weight excluding hydrogens is 306 g/mol. The first kappa shape index (κ1) is 15.6. The highest BCUT2D eigenvalue weighted by atomic mass is 35.5. The van der Waals surface area contributed by atoms with E-state index in [-0.39, 0.29) is 11.7 Å². The van der Waals surface area contributed by atoms with Crippen molar-refractivity contribution < 1.29 is 9.59 Å². The van der Waals surface area contributed by atoms with Crippen LogP contribution >= 0.6 is 23.4 Å². The number of carbonyl (C=O) groups excluding carboxylic acids is 2. The van der Waals surface area contributed by atoms with Crippen molar-refractivity contribution in [2.75, 3.05) is 0 Å². The number of hydrogen-bond donors (Lipinski definition) is 1. The summed E-state index contributed by atoms with van der Waals surface area (Å²) in [6.07, 6.45) is 0. The summed E-state index contributed by atoms with van der Waals surface area (Å²) in [5, 5.41) is 2.65. The Morgan fingerprint density at radius 2 is 1.67 bits per heavy atom. The third kappa shape index (κ3) is 4.62. The average Bonchev–Trinajstić information content (AvgIpc) is 2.48. The summed E-state index contributed by atoms with van der Waals surface area (Å²) < 4.78 is 0. The van der Waals surface area contributed by atoms with Gasteiger partial charge >= 0.3 is 0 Å². The zero-order chi connectivity index (χ0) is 15.2. The summed E-state index contributed by atoms with van der Waals surface area (Å²) in [6.45, 7) is 1.40. The minimum Gasteiger partial charge on any atom is -0.337 e. The zero-order valence-corrected chi connectivity index (χ0v) is 12.9. The van der Waals surface area contributed by atoms with Gasteiger partial charge in [0.15, 0.2) is 5.78 Å². The Hall–Kier alpha value is -1.78. The van der Waals surface area contributed by atoms with E-state index in [0.717, 1.165) is 4.90 Å². The van der Waals surface area contributed by atoms with E-state index in [4.69, 9.17) is 11.6 Å². The van der Waals surface area contributed by atoms with Gasteiger partial charge in [-0.2, -0.15) is 0 Å². The minimum atomic E-state index is -0.661. The first-order valence-electron chi connectivity index (χ1n) is 6.35. The Morgan fingerprint density at radius 3 is 2.24 bits per heavy atom. The quantitative estimate of drug-likeness (QED) is 0.518. The molecule has 0 aliphatic carbocycles. The second-order valence-electron chi connectivity index (χ2n) is 4.38. The van der Waals surface area contributed by atoms with Crippen molar-refractivity contribution in [3.8, 4) is 0 Å². The van der Waals surface area contributed by atoms with Crippen molar-refractivity contribution in [1.29, 1.82) is 0 Å². The fraction of sp³-hybridized carbons (Fsp3) is 0.125. The summed E-state index contributed by atoms with van der Waals surface area (Å²) in [7, 11) is 0. The van der Waals surface area contributed by atoms with E-state index in [9.17, 15) is 9.59 Å². The van der Waals surface area contributed by atoms with E-state index in [0.29, 0.717) is 10.6 Å². The highest BCUT2D eigenvalue weighted by Gasteiger charge is 2.22. The van der Waals surface area contributed by atoms with Crippen LogP contribution in [0.2, 0.25) is 5.02 Å². The molecule has 0 radical (unpaired) electrons. The van der Waals surface area contributed by atoms with E-state index >= 15 is 0 Å². The maximum atomic E-state index is 12.5. The second kappa shape index (κ2) is 7.29. The predicted molar refractivity (Wildman–Crippen MR) is 85.7 cm³/mol. The Labute approximate surface area is 132 Å². The molecule has 1 amide bonds. The summed E-state index contributed by atoms with van der Waals surface area (Å²) in [4.78, 5) is 24.7. The number of halogens is 1. The predicted octanol–water partition coefficient (Wildman–Crippen LogP) is 3.78. The molecule has 0 bridgehead atoms. The molecule has 108 valence electrons. The lowest BCUT2D eigenvalue weighted by atomic mass is 10.1. The van der Waals surface area contributed by atoms with Crippen LogP contribution in [0.5, 0.6) is 0 Å². The molecule has 0 spiro atoms. The lowest BCUT2D eigenvalue weighted by Crippen LogP contribution is -2.37. The van der Waals surface area contributed by atoms with Crippen LogP contribution in [-0.2, 0) is 4.79 Å². The van der Waals surface area contributed by atoms with Crippen molar-refractivity contribution in [1.82, 2.24) is 5.32 Å². The van der Waals surface area contributed by atoms with Crippen molar-refractivity contribution in [2.24, 2.45) is 0 Å². The fourth-order valence-corrected chi connectivity index (χ4v) is 2.90. The Morgan fingerprint density at radius 1 is 1.05 bits per heavy atom. The van der Waals surface area contributed by atoms with Crippen LogP contribution in [0.1, 0.15) is 17.3 Å². The molecule has 0 unspecified atom stereocenters. The molecule has 0 saturated heterocycles. The third-order valence-corrected chi connectivity index (χ3v) is 4.06. The van der Waals surface area contributed by atoms with E-state index in [2.05, 4.69) is 5.32 Å². The summed E-state index contributed by atoms with van der Waals surface area (Å²) in [5.74, 6) is -0.378. The first-order valence-corrected chi connectivity index (χ1v) is 7.60.